The molecular weight excluding hydrogens is 516 g/mol. The van der Waals surface area contributed by atoms with Gasteiger partial charge in [-0.3, -0.25) is 10.1 Å². The SMILES string of the molecule is CCCCc1nc(Cl)c(C(=O)O)n1Cc1ccc(-c2cc(-c3cnn(C4CC4)c3)ccc2C(=N)N=NN)cc1. The summed E-state index contributed by atoms with van der Waals surface area (Å²) in [5.74, 6) is 4.74. The molecule has 10 nitrogen and oxygen atoms in total. The van der Waals surface area contributed by atoms with E-state index >= 15 is 0 Å². The number of rotatable bonds is 10. The summed E-state index contributed by atoms with van der Waals surface area (Å²) in [6, 6.07) is 14.1. The van der Waals surface area contributed by atoms with Crippen LogP contribution in [0, 0.1) is 5.41 Å². The van der Waals surface area contributed by atoms with E-state index in [-0.39, 0.29) is 16.7 Å². The number of hydrogen-bond donors (Lipinski definition) is 3. The Kier molecular flexibility index (Phi) is 7.56. The fourth-order valence-electron chi connectivity index (χ4n) is 4.65. The van der Waals surface area contributed by atoms with Crippen LogP contribution in [-0.2, 0) is 13.0 Å². The Morgan fingerprint density at radius 3 is 2.59 bits per heavy atom. The van der Waals surface area contributed by atoms with Crippen LogP contribution in [0.2, 0.25) is 5.15 Å². The molecule has 1 aliphatic carbocycles. The summed E-state index contributed by atoms with van der Waals surface area (Å²) in [6.45, 7) is 2.40. The highest BCUT2D eigenvalue weighted by Crippen LogP contribution is 2.36. The number of nitrogens with one attached hydrogen (secondary N) is 1. The van der Waals surface area contributed by atoms with E-state index in [4.69, 9.17) is 22.9 Å². The second kappa shape index (κ2) is 11.2. The molecule has 1 saturated carbocycles. The summed E-state index contributed by atoms with van der Waals surface area (Å²) in [7, 11) is 0. The summed E-state index contributed by atoms with van der Waals surface area (Å²) >= 11 is 6.19. The van der Waals surface area contributed by atoms with Gasteiger partial charge in [0, 0.05) is 30.3 Å². The van der Waals surface area contributed by atoms with Crippen molar-refractivity contribution >= 4 is 23.4 Å². The number of aromatic carboxylic acids is 1. The Labute approximate surface area is 230 Å². The minimum atomic E-state index is -1.11. The summed E-state index contributed by atoms with van der Waals surface area (Å²) in [6.07, 6.45) is 8.71. The van der Waals surface area contributed by atoms with Crippen LogP contribution in [0.3, 0.4) is 0 Å². The fourth-order valence-corrected chi connectivity index (χ4v) is 4.93. The standard InChI is InChI=1S/C28H29ClN8O2/c1-2-3-4-24-33-26(29)25(28(38)39)36(24)15-17-5-7-18(8-6-17)23-13-19(9-12-22(23)27(30)34-35-31)20-14-32-37(16-20)21-10-11-21/h5-9,12-14,16,21H,2-4,10-11,15H2,1H3,(H,38,39)(H3,30,31,34). The molecule has 0 saturated heterocycles. The van der Waals surface area contributed by atoms with Gasteiger partial charge in [0.2, 0.25) is 0 Å². The molecular formula is C28H29ClN8O2. The van der Waals surface area contributed by atoms with Crippen LogP contribution in [-0.4, -0.2) is 36.2 Å². The topological polar surface area (TPSA) is 148 Å². The molecule has 4 N–H and O–H groups in total. The zero-order chi connectivity index (χ0) is 27.5. The molecule has 2 aromatic carbocycles. The minimum absolute atomic E-state index is 0.00395. The lowest BCUT2D eigenvalue weighted by Crippen LogP contribution is -2.13. The average molecular weight is 545 g/mol. The Balaban J connectivity index is 1.49. The number of nitrogens with two attached hydrogens (primary N) is 1. The van der Waals surface area contributed by atoms with Gasteiger partial charge in [-0.25, -0.2) is 9.78 Å². The Morgan fingerprint density at radius 1 is 1.18 bits per heavy atom. The third-order valence-electron chi connectivity index (χ3n) is 6.85. The molecule has 0 spiro atoms. The van der Waals surface area contributed by atoms with Gasteiger partial charge in [-0.2, -0.15) is 5.10 Å². The highest BCUT2D eigenvalue weighted by atomic mass is 35.5. The predicted molar refractivity (Wildman–Crippen MR) is 149 cm³/mol. The number of aromatic nitrogens is 4. The van der Waals surface area contributed by atoms with Gasteiger partial charge in [-0.05, 0) is 53.6 Å². The largest absolute Gasteiger partial charge is 0.476 e. The third kappa shape index (κ3) is 5.61. The lowest BCUT2D eigenvalue weighted by molar-refractivity contribution is 0.0685. The molecule has 0 bridgehead atoms. The van der Waals surface area contributed by atoms with Crippen LogP contribution in [0.15, 0.2) is 65.2 Å². The smallest absolute Gasteiger partial charge is 0.355 e. The lowest BCUT2D eigenvalue weighted by atomic mass is 9.94. The number of carbonyl (C=O) groups is 1. The molecule has 2 aromatic heterocycles. The van der Waals surface area contributed by atoms with E-state index in [1.807, 2.05) is 53.3 Å². The van der Waals surface area contributed by atoms with Crippen molar-refractivity contribution in [3.8, 4) is 22.3 Å². The number of hydrogen-bond acceptors (Lipinski definition) is 5. The number of unbranched alkanes of at least 4 members (excludes halogenated alkanes) is 1. The maximum atomic E-state index is 11.9. The van der Waals surface area contributed by atoms with Crippen molar-refractivity contribution in [1.82, 2.24) is 19.3 Å². The average Bonchev–Trinajstić information content (AvgIpc) is 3.57. The summed E-state index contributed by atoms with van der Waals surface area (Å²) < 4.78 is 3.68. The van der Waals surface area contributed by atoms with Crippen LogP contribution < -0.4 is 5.84 Å². The summed E-state index contributed by atoms with van der Waals surface area (Å²) in [4.78, 5) is 16.2. The second-order valence-electron chi connectivity index (χ2n) is 9.62. The molecule has 1 aliphatic rings. The number of amidine groups is 1. The Bertz CT molecular complexity index is 1550. The van der Waals surface area contributed by atoms with E-state index < -0.39 is 5.97 Å². The summed E-state index contributed by atoms with van der Waals surface area (Å²) in [5, 5.41) is 29.7. The van der Waals surface area contributed by atoms with Crippen LogP contribution in [0.4, 0.5) is 0 Å². The van der Waals surface area contributed by atoms with Crippen LogP contribution in [0.5, 0.6) is 0 Å². The molecule has 11 heteroatoms. The molecule has 0 radical (unpaired) electrons. The van der Waals surface area contributed by atoms with Gasteiger partial charge < -0.3 is 15.5 Å². The maximum Gasteiger partial charge on any atom is 0.355 e. The van der Waals surface area contributed by atoms with Gasteiger partial charge in [0.25, 0.3) is 0 Å². The zero-order valence-corrected chi connectivity index (χ0v) is 22.3. The van der Waals surface area contributed by atoms with E-state index in [1.54, 1.807) is 4.57 Å². The predicted octanol–water partition coefficient (Wildman–Crippen LogP) is 6.14. The Hall–Kier alpha value is -4.31. The summed E-state index contributed by atoms with van der Waals surface area (Å²) in [5.41, 5.74) is 5.12. The number of imidazole rings is 1. The number of aryl methyl sites for hydroxylation is 1. The fraction of sp³-hybridized carbons (Fsp3) is 0.286. The molecule has 0 aliphatic heterocycles. The lowest BCUT2D eigenvalue weighted by Gasteiger charge is -2.13. The first kappa shape index (κ1) is 26.3. The number of nitrogens with zero attached hydrogens (tertiary/aromatic N) is 6. The van der Waals surface area contributed by atoms with Crippen molar-refractivity contribution in [2.24, 2.45) is 16.2 Å². The quantitative estimate of drug-likeness (QED) is 0.0720. The molecule has 200 valence electrons. The van der Waals surface area contributed by atoms with Crippen molar-refractivity contribution in [2.45, 2.75) is 51.6 Å². The molecule has 4 aromatic rings. The molecule has 2 heterocycles. The molecule has 0 amide bonds. The first-order valence-corrected chi connectivity index (χ1v) is 13.2. The molecule has 0 unspecified atom stereocenters. The van der Waals surface area contributed by atoms with E-state index in [9.17, 15) is 9.90 Å². The van der Waals surface area contributed by atoms with Gasteiger partial charge in [0.05, 0.1) is 12.2 Å². The van der Waals surface area contributed by atoms with E-state index in [2.05, 4.69) is 33.5 Å². The van der Waals surface area contributed by atoms with Crippen LogP contribution in [0.1, 0.15) is 66.1 Å². The molecule has 0 atom stereocenters. The van der Waals surface area contributed by atoms with E-state index in [1.165, 1.54) is 0 Å². The number of benzene rings is 2. The van der Waals surface area contributed by atoms with Crippen molar-refractivity contribution < 1.29 is 9.90 Å². The minimum Gasteiger partial charge on any atom is -0.476 e. The monoisotopic (exact) mass is 544 g/mol. The van der Waals surface area contributed by atoms with Gasteiger partial charge >= 0.3 is 5.97 Å². The van der Waals surface area contributed by atoms with Crippen LogP contribution in [0.25, 0.3) is 22.3 Å². The van der Waals surface area contributed by atoms with Crippen molar-refractivity contribution in [1.29, 1.82) is 5.41 Å². The van der Waals surface area contributed by atoms with Gasteiger partial charge in [0.1, 0.15) is 5.82 Å². The number of halogens is 1. The molecule has 39 heavy (non-hydrogen) atoms. The molecule has 5 rings (SSSR count). The van der Waals surface area contributed by atoms with Crippen LogP contribution >= 0.6 is 11.6 Å². The van der Waals surface area contributed by atoms with Gasteiger partial charge in [0.15, 0.2) is 16.7 Å². The number of carboxylic acids is 1. The first-order chi connectivity index (χ1) is 18.9. The molecule has 1 fully saturated rings. The third-order valence-corrected chi connectivity index (χ3v) is 7.12. The highest BCUT2D eigenvalue weighted by molar-refractivity contribution is 6.32. The van der Waals surface area contributed by atoms with E-state index in [0.717, 1.165) is 53.5 Å². The van der Waals surface area contributed by atoms with Gasteiger partial charge in [-0.15, -0.1) is 5.11 Å². The maximum absolute atomic E-state index is 11.9. The van der Waals surface area contributed by atoms with Crippen molar-refractivity contribution in [3.05, 3.63) is 82.7 Å². The van der Waals surface area contributed by atoms with Crippen molar-refractivity contribution in [3.63, 3.8) is 0 Å². The van der Waals surface area contributed by atoms with Crippen molar-refractivity contribution in [2.75, 3.05) is 0 Å². The zero-order valence-electron chi connectivity index (χ0n) is 21.5. The number of carboxylic acid groups (broad SMARTS) is 1. The second-order valence-corrected chi connectivity index (χ2v) is 9.98. The normalized spacial score (nSPS) is 13.3. The van der Waals surface area contributed by atoms with E-state index in [0.29, 0.717) is 30.4 Å². The highest BCUT2D eigenvalue weighted by Gasteiger charge is 2.25. The van der Waals surface area contributed by atoms with Gasteiger partial charge in [-0.1, -0.05) is 60.5 Å². The Morgan fingerprint density at radius 2 is 1.92 bits per heavy atom. The first-order valence-electron chi connectivity index (χ1n) is 12.9.